The van der Waals surface area contributed by atoms with Crippen molar-refractivity contribution in [2.75, 3.05) is 0 Å². The summed E-state index contributed by atoms with van der Waals surface area (Å²) < 4.78 is 29.1. The lowest BCUT2D eigenvalue weighted by Crippen LogP contribution is -2.26. The molecule has 0 spiro atoms. The zero-order valence-electron chi connectivity index (χ0n) is 14.9. The molecule has 0 radical (unpaired) electrons. The summed E-state index contributed by atoms with van der Waals surface area (Å²) in [5, 5.41) is -0.429. The summed E-state index contributed by atoms with van der Waals surface area (Å²) in [7, 11) is 0. The zero-order chi connectivity index (χ0) is 20.2. The second-order valence-corrected chi connectivity index (χ2v) is 7.51. The SMILES string of the molecule is Cc1cnc(Cl)c(F)c1-n1c(C)nc([C@H]2C[C@@H]2c2cncc(F)c2)c(Cl)c1=O. The Kier molecular flexibility index (Phi) is 4.67. The normalized spacial score (nSPS) is 18.4. The lowest BCUT2D eigenvalue weighted by molar-refractivity contribution is 0.604. The minimum Gasteiger partial charge on any atom is -0.267 e. The van der Waals surface area contributed by atoms with Gasteiger partial charge in [-0.3, -0.25) is 14.3 Å². The van der Waals surface area contributed by atoms with E-state index in [1.807, 2.05) is 0 Å². The minimum absolute atomic E-state index is 0.0170. The number of aryl methyl sites for hydroxylation is 2. The molecule has 1 aliphatic rings. The van der Waals surface area contributed by atoms with Gasteiger partial charge in [-0.1, -0.05) is 23.2 Å². The van der Waals surface area contributed by atoms with Crippen molar-refractivity contribution in [1.82, 2.24) is 19.5 Å². The van der Waals surface area contributed by atoms with Crippen LogP contribution in [-0.2, 0) is 0 Å². The summed E-state index contributed by atoms with van der Waals surface area (Å²) in [6.07, 6.45) is 4.78. The van der Waals surface area contributed by atoms with Gasteiger partial charge in [0.25, 0.3) is 5.56 Å². The predicted octanol–water partition coefficient (Wildman–Crippen LogP) is 4.50. The molecule has 3 aromatic heterocycles. The van der Waals surface area contributed by atoms with E-state index in [4.69, 9.17) is 23.2 Å². The molecule has 3 heterocycles. The molecule has 4 rings (SSSR count). The van der Waals surface area contributed by atoms with Gasteiger partial charge in [0.1, 0.15) is 16.7 Å². The van der Waals surface area contributed by atoms with Gasteiger partial charge < -0.3 is 0 Å². The fraction of sp³-hybridized carbons (Fsp3) is 0.263. The van der Waals surface area contributed by atoms with E-state index in [0.29, 0.717) is 17.7 Å². The van der Waals surface area contributed by atoms with E-state index in [-0.39, 0.29) is 33.5 Å². The molecule has 1 aliphatic carbocycles. The molecule has 0 amide bonds. The average Bonchev–Trinajstić information content (AvgIpc) is 3.45. The van der Waals surface area contributed by atoms with Crippen molar-refractivity contribution < 1.29 is 8.78 Å². The van der Waals surface area contributed by atoms with Crippen LogP contribution in [0.4, 0.5) is 8.78 Å². The largest absolute Gasteiger partial charge is 0.277 e. The van der Waals surface area contributed by atoms with Crippen LogP contribution in [0.2, 0.25) is 10.2 Å². The van der Waals surface area contributed by atoms with Gasteiger partial charge >= 0.3 is 0 Å². The first-order valence-electron chi connectivity index (χ1n) is 8.50. The quantitative estimate of drug-likeness (QED) is 0.583. The van der Waals surface area contributed by atoms with E-state index in [1.54, 1.807) is 20.0 Å². The third kappa shape index (κ3) is 3.08. The Balaban J connectivity index is 1.79. The van der Waals surface area contributed by atoms with Crippen LogP contribution in [0.1, 0.15) is 40.9 Å². The first-order valence-corrected chi connectivity index (χ1v) is 9.25. The maximum atomic E-state index is 14.6. The number of nitrogens with zero attached hydrogens (tertiary/aromatic N) is 4. The van der Waals surface area contributed by atoms with Gasteiger partial charge in [0.2, 0.25) is 0 Å². The molecular weight excluding hydrogens is 409 g/mol. The van der Waals surface area contributed by atoms with E-state index < -0.39 is 17.2 Å². The highest BCUT2D eigenvalue weighted by atomic mass is 35.5. The maximum absolute atomic E-state index is 14.6. The van der Waals surface area contributed by atoms with Crippen molar-refractivity contribution in [3.05, 3.63) is 79.5 Å². The number of halogens is 4. The van der Waals surface area contributed by atoms with Gasteiger partial charge in [0.15, 0.2) is 11.0 Å². The summed E-state index contributed by atoms with van der Waals surface area (Å²) >= 11 is 12.1. The fourth-order valence-electron chi connectivity index (χ4n) is 3.45. The molecule has 0 aromatic carbocycles. The number of pyridine rings is 2. The lowest BCUT2D eigenvalue weighted by atomic mass is 10.1. The van der Waals surface area contributed by atoms with Crippen LogP contribution in [0.5, 0.6) is 0 Å². The van der Waals surface area contributed by atoms with Crippen molar-refractivity contribution in [2.24, 2.45) is 0 Å². The topological polar surface area (TPSA) is 60.7 Å². The van der Waals surface area contributed by atoms with Gasteiger partial charge in [-0.15, -0.1) is 0 Å². The molecule has 0 unspecified atom stereocenters. The Labute approximate surface area is 169 Å². The summed E-state index contributed by atoms with van der Waals surface area (Å²) in [6, 6.07) is 1.41. The van der Waals surface area contributed by atoms with Crippen molar-refractivity contribution in [3.63, 3.8) is 0 Å². The Bertz CT molecular complexity index is 1170. The molecule has 3 aromatic rings. The number of hydrogen-bond acceptors (Lipinski definition) is 4. The van der Waals surface area contributed by atoms with Gasteiger partial charge in [-0.2, -0.15) is 0 Å². The monoisotopic (exact) mass is 422 g/mol. The number of aromatic nitrogens is 4. The summed E-state index contributed by atoms with van der Waals surface area (Å²) in [4.78, 5) is 25.0. The lowest BCUT2D eigenvalue weighted by Gasteiger charge is -2.15. The van der Waals surface area contributed by atoms with Gasteiger partial charge in [-0.25, -0.2) is 18.7 Å². The third-order valence-corrected chi connectivity index (χ3v) is 5.49. The first-order chi connectivity index (χ1) is 13.3. The van der Waals surface area contributed by atoms with Crippen LogP contribution < -0.4 is 5.56 Å². The Morgan fingerprint density at radius 2 is 1.89 bits per heavy atom. The summed E-state index contributed by atoms with van der Waals surface area (Å²) in [5.74, 6) is -1.10. The number of rotatable bonds is 3. The van der Waals surface area contributed by atoms with Gasteiger partial charge in [0, 0.05) is 18.3 Å². The van der Waals surface area contributed by atoms with Crippen molar-refractivity contribution in [2.45, 2.75) is 32.1 Å². The van der Waals surface area contributed by atoms with Crippen LogP contribution in [0.15, 0.2) is 29.5 Å². The Hall–Kier alpha value is -2.38. The standard InChI is InChI=1S/C19H14Cl2F2N4O/c1-8-5-25-18(21)15(23)17(8)27-9(2)26-16(14(20)19(27)28)13-4-12(13)10-3-11(22)7-24-6-10/h3,5-7,12-13H,4H2,1-2H3/t12-,13+/m1/s1. The van der Waals surface area contributed by atoms with Gasteiger partial charge in [-0.05, 0) is 43.4 Å². The van der Waals surface area contributed by atoms with Crippen LogP contribution in [0.3, 0.4) is 0 Å². The highest BCUT2D eigenvalue weighted by Crippen LogP contribution is 2.55. The fourth-order valence-corrected chi connectivity index (χ4v) is 3.86. The van der Waals surface area contributed by atoms with E-state index in [9.17, 15) is 13.6 Å². The molecule has 5 nitrogen and oxygen atoms in total. The Morgan fingerprint density at radius 1 is 1.14 bits per heavy atom. The first kappa shape index (κ1) is 19.0. The molecule has 0 N–H and O–H groups in total. The van der Waals surface area contributed by atoms with E-state index >= 15 is 0 Å². The molecule has 1 saturated carbocycles. The van der Waals surface area contributed by atoms with Crippen molar-refractivity contribution in [1.29, 1.82) is 0 Å². The smallest absolute Gasteiger partial charge is 0.267 e. The number of hydrogen-bond donors (Lipinski definition) is 0. The highest BCUT2D eigenvalue weighted by molar-refractivity contribution is 6.31. The van der Waals surface area contributed by atoms with Crippen LogP contribution in [0.25, 0.3) is 5.69 Å². The van der Waals surface area contributed by atoms with E-state index in [2.05, 4.69) is 15.0 Å². The van der Waals surface area contributed by atoms with E-state index in [0.717, 1.165) is 16.3 Å². The molecule has 0 aliphatic heterocycles. The average molecular weight is 423 g/mol. The molecular formula is C19H14Cl2F2N4O. The summed E-state index contributed by atoms with van der Waals surface area (Å²) in [6.45, 7) is 3.21. The molecule has 0 saturated heterocycles. The molecule has 0 bridgehead atoms. The van der Waals surface area contributed by atoms with Crippen LogP contribution in [0, 0.1) is 25.5 Å². The molecule has 28 heavy (non-hydrogen) atoms. The molecule has 9 heteroatoms. The molecule has 1 fully saturated rings. The van der Waals surface area contributed by atoms with Crippen LogP contribution in [-0.4, -0.2) is 19.5 Å². The Morgan fingerprint density at radius 3 is 2.61 bits per heavy atom. The highest BCUT2D eigenvalue weighted by Gasteiger charge is 2.43. The third-order valence-electron chi connectivity index (χ3n) is 4.88. The van der Waals surface area contributed by atoms with Crippen molar-refractivity contribution in [3.8, 4) is 5.69 Å². The molecule has 144 valence electrons. The maximum Gasteiger partial charge on any atom is 0.277 e. The van der Waals surface area contributed by atoms with Crippen molar-refractivity contribution >= 4 is 23.2 Å². The van der Waals surface area contributed by atoms with Gasteiger partial charge in [0.05, 0.1) is 17.6 Å². The second-order valence-electron chi connectivity index (χ2n) is 6.78. The minimum atomic E-state index is -0.812. The van der Waals surface area contributed by atoms with Crippen LogP contribution >= 0.6 is 23.2 Å². The summed E-state index contributed by atoms with van der Waals surface area (Å²) in [5.41, 5.74) is 0.967. The predicted molar refractivity (Wildman–Crippen MR) is 101 cm³/mol. The second kappa shape index (κ2) is 6.90. The molecule has 2 atom stereocenters. The zero-order valence-corrected chi connectivity index (χ0v) is 16.4. The van der Waals surface area contributed by atoms with E-state index in [1.165, 1.54) is 12.3 Å².